The number of halogens is 2. The molecule has 0 spiro atoms. The molecule has 1 aliphatic carbocycles. The van der Waals surface area contributed by atoms with Crippen LogP contribution in [0.5, 0.6) is 0 Å². The fourth-order valence-electron chi connectivity index (χ4n) is 3.05. The van der Waals surface area contributed by atoms with Crippen LogP contribution >= 0.6 is 22.9 Å². The standard InChI is InChI=1S/C18H12ClFN4OS/c19-11-2-4-13-10(7-21-24-13)16(11)8-1-3-14-15(5-8)26-18(22-14)23-17(25)9-6-12(9)20/h1-5,7,9,12H,6H2,(H,21,24)(H,22,23,25)/t9?,12-/m0/s1. The second kappa shape index (κ2) is 5.75. The molecule has 1 aliphatic rings. The Kier molecular flexibility index (Phi) is 3.48. The molecule has 4 aromatic rings. The van der Waals surface area contributed by atoms with Crippen molar-refractivity contribution in [3.05, 3.63) is 41.6 Å². The number of aromatic amines is 1. The van der Waals surface area contributed by atoms with E-state index in [1.165, 1.54) is 11.3 Å². The van der Waals surface area contributed by atoms with Crippen molar-refractivity contribution in [3.8, 4) is 11.1 Å². The maximum atomic E-state index is 13.0. The molecule has 1 unspecified atom stereocenters. The average Bonchev–Trinajstić information content (AvgIpc) is 3.02. The van der Waals surface area contributed by atoms with Crippen LogP contribution in [0.4, 0.5) is 9.52 Å². The van der Waals surface area contributed by atoms with Crippen LogP contribution in [-0.2, 0) is 4.79 Å². The smallest absolute Gasteiger partial charge is 0.232 e. The molecule has 2 heterocycles. The molecule has 0 bridgehead atoms. The normalized spacial score (nSPS) is 19.2. The highest BCUT2D eigenvalue weighted by Crippen LogP contribution is 2.38. The Bertz CT molecular complexity index is 1170. The first kappa shape index (κ1) is 15.7. The minimum Gasteiger partial charge on any atom is -0.302 e. The van der Waals surface area contributed by atoms with Crippen LogP contribution < -0.4 is 5.32 Å². The highest BCUT2D eigenvalue weighted by atomic mass is 35.5. The molecule has 0 aliphatic heterocycles. The maximum Gasteiger partial charge on any atom is 0.232 e. The highest BCUT2D eigenvalue weighted by Gasteiger charge is 2.43. The molecule has 2 aromatic heterocycles. The number of aromatic nitrogens is 3. The van der Waals surface area contributed by atoms with Crippen molar-refractivity contribution in [2.75, 3.05) is 5.32 Å². The van der Waals surface area contributed by atoms with Crippen LogP contribution in [0.15, 0.2) is 36.5 Å². The van der Waals surface area contributed by atoms with E-state index in [1.807, 2.05) is 30.3 Å². The van der Waals surface area contributed by atoms with Gasteiger partial charge < -0.3 is 5.32 Å². The summed E-state index contributed by atoms with van der Waals surface area (Å²) >= 11 is 7.79. The molecule has 5 nitrogen and oxygen atoms in total. The van der Waals surface area contributed by atoms with Gasteiger partial charge in [0.05, 0.1) is 27.8 Å². The molecular weight excluding hydrogens is 375 g/mol. The van der Waals surface area contributed by atoms with E-state index in [2.05, 4.69) is 20.5 Å². The van der Waals surface area contributed by atoms with Gasteiger partial charge in [0, 0.05) is 16.0 Å². The first-order valence-electron chi connectivity index (χ1n) is 8.07. The molecule has 2 aromatic carbocycles. The quantitative estimate of drug-likeness (QED) is 0.531. The van der Waals surface area contributed by atoms with Gasteiger partial charge in [-0.3, -0.25) is 9.89 Å². The van der Waals surface area contributed by atoms with E-state index >= 15 is 0 Å². The maximum absolute atomic E-state index is 13.0. The van der Waals surface area contributed by atoms with Crippen LogP contribution in [-0.4, -0.2) is 27.3 Å². The Morgan fingerprint density at radius 2 is 2.19 bits per heavy atom. The van der Waals surface area contributed by atoms with Gasteiger partial charge in [-0.15, -0.1) is 0 Å². The zero-order valence-corrected chi connectivity index (χ0v) is 14.9. The number of rotatable bonds is 3. The van der Waals surface area contributed by atoms with Crippen molar-refractivity contribution in [1.82, 2.24) is 15.2 Å². The van der Waals surface area contributed by atoms with Gasteiger partial charge in [-0.1, -0.05) is 29.0 Å². The number of carbonyl (C=O) groups is 1. The van der Waals surface area contributed by atoms with Gasteiger partial charge >= 0.3 is 0 Å². The molecule has 8 heteroatoms. The first-order chi connectivity index (χ1) is 12.6. The van der Waals surface area contributed by atoms with Crippen LogP contribution in [0.3, 0.4) is 0 Å². The van der Waals surface area contributed by atoms with Crippen molar-refractivity contribution in [1.29, 1.82) is 0 Å². The Balaban J connectivity index is 1.54. The summed E-state index contributed by atoms with van der Waals surface area (Å²) in [7, 11) is 0. The minimum absolute atomic E-state index is 0.300. The molecule has 2 atom stereocenters. The van der Waals surface area contributed by atoms with E-state index in [9.17, 15) is 9.18 Å². The number of nitrogens with zero attached hydrogens (tertiary/aromatic N) is 2. The molecule has 1 saturated carbocycles. The second-order valence-electron chi connectivity index (χ2n) is 6.30. The third-order valence-electron chi connectivity index (χ3n) is 4.53. The molecule has 2 N–H and O–H groups in total. The lowest BCUT2D eigenvalue weighted by molar-refractivity contribution is -0.117. The third kappa shape index (κ3) is 2.55. The number of carbonyl (C=O) groups excluding carboxylic acids is 1. The lowest BCUT2D eigenvalue weighted by Gasteiger charge is -2.06. The van der Waals surface area contributed by atoms with Gasteiger partial charge in [-0.05, 0) is 36.2 Å². The van der Waals surface area contributed by atoms with Crippen molar-refractivity contribution in [2.24, 2.45) is 5.92 Å². The van der Waals surface area contributed by atoms with E-state index in [0.717, 1.165) is 32.2 Å². The van der Waals surface area contributed by atoms with E-state index in [4.69, 9.17) is 11.6 Å². The molecule has 26 heavy (non-hydrogen) atoms. The van der Waals surface area contributed by atoms with E-state index in [-0.39, 0.29) is 5.91 Å². The number of hydrogen-bond acceptors (Lipinski definition) is 4. The van der Waals surface area contributed by atoms with E-state index in [0.29, 0.717) is 16.6 Å². The highest BCUT2D eigenvalue weighted by molar-refractivity contribution is 7.22. The summed E-state index contributed by atoms with van der Waals surface area (Å²) in [6.45, 7) is 0. The van der Waals surface area contributed by atoms with Crippen molar-refractivity contribution in [2.45, 2.75) is 12.6 Å². The Morgan fingerprint density at radius 3 is 3.00 bits per heavy atom. The van der Waals surface area contributed by atoms with E-state index in [1.54, 1.807) is 6.20 Å². The number of anilines is 1. The largest absolute Gasteiger partial charge is 0.302 e. The van der Waals surface area contributed by atoms with Crippen LogP contribution in [0.25, 0.3) is 32.2 Å². The Morgan fingerprint density at radius 1 is 1.35 bits per heavy atom. The molecular formula is C18H12ClFN4OS. The fourth-order valence-corrected chi connectivity index (χ4v) is 4.23. The van der Waals surface area contributed by atoms with Gasteiger partial charge in [-0.2, -0.15) is 5.10 Å². The number of benzene rings is 2. The zero-order valence-electron chi connectivity index (χ0n) is 13.3. The van der Waals surface area contributed by atoms with Crippen molar-refractivity contribution < 1.29 is 9.18 Å². The minimum atomic E-state index is -1.02. The Labute approximate surface area is 156 Å². The number of fused-ring (bicyclic) bond motifs is 2. The van der Waals surface area contributed by atoms with Gasteiger partial charge in [0.15, 0.2) is 5.13 Å². The summed E-state index contributed by atoms with van der Waals surface area (Å²) in [5.74, 6) is -0.835. The summed E-state index contributed by atoms with van der Waals surface area (Å²) in [5.41, 5.74) is 3.53. The summed E-state index contributed by atoms with van der Waals surface area (Å²) < 4.78 is 13.9. The van der Waals surface area contributed by atoms with Gasteiger partial charge in [0.25, 0.3) is 0 Å². The number of alkyl halides is 1. The molecule has 1 amide bonds. The van der Waals surface area contributed by atoms with Crippen LogP contribution in [0.2, 0.25) is 5.02 Å². The number of nitrogens with one attached hydrogen (secondary N) is 2. The van der Waals surface area contributed by atoms with Crippen LogP contribution in [0, 0.1) is 5.92 Å². The predicted molar refractivity (Wildman–Crippen MR) is 101 cm³/mol. The van der Waals surface area contributed by atoms with Crippen LogP contribution in [0.1, 0.15) is 6.42 Å². The Hall–Kier alpha value is -2.51. The molecule has 1 fully saturated rings. The first-order valence-corrected chi connectivity index (χ1v) is 9.27. The van der Waals surface area contributed by atoms with Gasteiger partial charge in [-0.25, -0.2) is 9.37 Å². The summed E-state index contributed by atoms with van der Waals surface area (Å²) in [6.07, 6.45) is 1.03. The molecule has 5 rings (SSSR count). The number of amides is 1. The van der Waals surface area contributed by atoms with Crippen molar-refractivity contribution >= 4 is 55.1 Å². The SMILES string of the molecule is O=C(Nc1nc2ccc(-c3c(Cl)ccc4[nH]ncc34)cc2s1)C1C[C@@H]1F. The number of thiazole rings is 1. The second-order valence-corrected chi connectivity index (χ2v) is 7.74. The molecule has 0 saturated heterocycles. The average molecular weight is 387 g/mol. The monoisotopic (exact) mass is 386 g/mol. The molecule has 130 valence electrons. The molecule has 0 radical (unpaired) electrons. The topological polar surface area (TPSA) is 70.7 Å². The fraction of sp³-hybridized carbons (Fsp3) is 0.167. The third-order valence-corrected chi connectivity index (χ3v) is 5.78. The van der Waals surface area contributed by atoms with Gasteiger partial charge in [0.2, 0.25) is 5.91 Å². The summed E-state index contributed by atoms with van der Waals surface area (Å²) in [6, 6.07) is 9.55. The zero-order chi connectivity index (χ0) is 17.8. The number of H-pyrrole nitrogens is 1. The lowest BCUT2D eigenvalue weighted by Crippen LogP contribution is -2.14. The van der Waals surface area contributed by atoms with E-state index < -0.39 is 12.1 Å². The van der Waals surface area contributed by atoms with Gasteiger partial charge in [0.1, 0.15) is 6.17 Å². The lowest BCUT2D eigenvalue weighted by atomic mass is 10.0. The number of hydrogen-bond donors (Lipinski definition) is 2. The summed E-state index contributed by atoms with van der Waals surface area (Å²) in [5, 5.41) is 11.8. The predicted octanol–water partition coefficient (Wildman–Crippen LogP) is 4.79. The summed E-state index contributed by atoms with van der Waals surface area (Å²) in [4.78, 5) is 16.3. The van der Waals surface area contributed by atoms with Crippen molar-refractivity contribution in [3.63, 3.8) is 0 Å².